The number of halogens is 1. The van der Waals surface area contributed by atoms with Gasteiger partial charge in [-0.3, -0.25) is 0 Å². The lowest BCUT2D eigenvalue weighted by molar-refractivity contribution is 0.406. The highest BCUT2D eigenvalue weighted by Crippen LogP contribution is 2.26. The fourth-order valence-electron chi connectivity index (χ4n) is 2.33. The predicted molar refractivity (Wildman–Crippen MR) is 62.4 cm³/mol. The first-order chi connectivity index (χ1) is 7.70. The Balaban J connectivity index is 2.21. The third kappa shape index (κ3) is 2.35. The minimum Gasteiger partial charge on any atom is -0.496 e. The summed E-state index contributed by atoms with van der Waals surface area (Å²) in [5, 5.41) is 3.33. The summed E-state index contributed by atoms with van der Waals surface area (Å²) in [7, 11) is 1.59. The van der Waals surface area contributed by atoms with Crippen LogP contribution in [-0.4, -0.2) is 20.2 Å². The van der Waals surface area contributed by atoms with Gasteiger partial charge in [-0.15, -0.1) is 0 Å². The van der Waals surface area contributed by atoms with E-state index in [1.165, 1.54) is 12.5 Å². The van der Waals surface area contributed by atoms with Crippen molar-refractivity contribution in [3.8, 4) is 5.75 Å². The Bertz CT molecular complexity index is 372. The van der Waals surface area contributed by atoms with Gasteiger partial charge in [-0.25, -0.2) is 4.39 Å². The molecule has 0 bridgehead atoms. The Labute approximate surface area is 95.8 Å². The van der Waals surface area contributed by atoms with Gasteiger partial charge in [-0.05, 0) is 56.0 Å². The first kappa shape index (κ1) is 11.4. The van der Waals surface area contributed by atoms with Gasteiger partial charge in [-0.1, -0.05) is 0 Å². The Hall–Kier alpha value is -1.09. The molecule has 1 aromatic carbocycles. The first-order valence-electron chi connectivity index (χ1n) is 5.74. The standard InChI is InChI=1S/C13H18FNO/c1-9-11(5-10-3-4-15-8-10)6-12(14)7-13(9)16-2/h6-7,10,15H,3-5,8H2,1-2H3. The quantitative estimate of drug-likeness (QED) is 0.849. The minimum absolute atomic E-state index is 0.205. The molecule has 2 nitrogen and oxygen atoms in total. The molecule has 1 heterocycles. The lowest BCUT2D eigenvalue weighted by atomic mass is 9.95. The second-order valence-electron chi connectivity index (χ2n) is 4.46. The molecule has 16 heavy (non-hydrogen) atoms. The third-order valence-electron chi connectivity index (χ3n) is 3.32. The summed E-state index contributed by atoms with van der Waals surface area (Å²) in [6.45, 7) is 4.12. The molecule has 1 unspecified atom stereocenters. The lowest BCUT2D eigenvalue weighted by Gasteiger charge is -2.14. The molecule has 1 N–H and O–H groups in total. The van der Waals surface area contributed by atoms with E-state index in [9.17, 15) is 4.39 Å². The molecule has 0 aliphatic carbocycles. The number of ether oxygens (including phenoxy) is 1. The molecule has 0 amide bonds. The van der Waals surface area contributed by atoms with E-state index in [1.807, 2.05) is 6.92 Å². The Morgan fingerprint density at radius 2 is 2.31 bits per heavy atom. The molecule has 0 saturated carbocycles. The molecular weight excluding hydrogens is 205 g/mol. The number of benzene rings is 1. The molecular formula is C13H18FNO. The van der Waals surface area contributed by atoms with Crippen LogP contribution in [0.5, 0.6) is 5.75 Å². The Morgan fingerprint density at radius 3 is 2.94 bits per heavy atom. The monoisotopic (exact) mass is 223 g/mol. The molecule has 1 aliphatic rings. The van der Waals surface area contributed by atoms with Crippen LogP contribution in [0.25, 0.3) is 0 Å². The summed E-state index contributed by atoms with van der Waals surface area (Å²) in [5.41, 5.74) is 2.14. The summed E-state index contributed by atoms with van der Waals surface area (Å²) < 4.78 is 18.5. The molecule has 88 valence electrons. The average molecular weight is 223 g/mol. The second kappa shape index (κ2) is 4.83. The van der Waals surface area contributed by atoms with Crippen LogP contribution >= 0.6 is 0 Å². The SMILES string of the molecule is COc1cc(F)cc(CC2CCNC2)c1C. The zero-order valence-corrected chi connectivity index (χ0v) is 9.85. The topological polar surface area (TPSA) is 21.3 Å². The number of hydrogen-bond donors (Lipinski definition) is 1. The highest BCUT2D eigenvalue weighted by Gasteiger charge is 2.17. The van der Waals surface area contributed by atoms with Crippen molar-refractivity contribution in [3.05, 3.63) is 29.1 Å². The maximum atomic E-state index is 13.4. The Kier molecular flexibility index (Phi) is 3.44. The third-order valence-corrected chi connectivity index (χ3v) is 3.32. The predicted octanol–water partition coefficient (Wildman–Crippen LogP) is 2.29. The zero-order chi connectivity index (χ0) is 11.5. The maximum Gasteiger partial charge on any atom is 0.127 e. The van der Waals surface area contributed by atoms with Gasteiger partial charge in [0.05, 0.1) is 7.11 Å². The second-order valence-corrected chi connectivity index (χ2v) is 4.46. The lowest BCUT2D eigenvalue weighted by Crippen LogP contribution is -2.11. The van der Waals surface area contributed by atoms with Crippen LogP contribution in [0.3, 0.4) is 0 Å². The van der Waals surface area contributed by atoms with E-state index < -0.39 is 0 Å². The van der Waals surface area contributed by atoms with Crippen molar-refractivity contribution in [2.45, 2.75) is 19.8 Å². The van der Waals surface area contributed by atoms with Crippen molar-refractivity contribution < 1.29 is 9.13 Å². The van der Waals surface area contributed by atoms with Gasteiger partial charge >= 0.3 is 0 Å². The Morgan fingerprint density at radius 1 is 1.50 bits per heavy atom. The van der Waals surface area contributed by atoms with Gasteiger partial charge in [0.1, 0.15) is 11.6 Å². The van der Waals surface area contributed by atoms with Crippen LogP contribution in [0.1, 0.15) is 17.5 Å². The molecule has 1 atom stereocenters. The molecule has 1 aliphatic heterocycles. The van der Waals surface area contributed by atoms with Crippen molar-refractivity contribution in [2.75, 3.05) is 20.2 Å². The molecule has 1 saturated heterocycles. The van der Waals surface area contributed by atoms with E-state index >= 15 is 0 Å². The van der Waals surface area contributed by atoms with Crippen LogP contribution in [0, 0.1) is 18.7 Å². The molecule has 0 radical (unpaired) electrons. The minimum atomic E-state index is -0.205. The van der Waals surface area contributed by atoms with Crippen LogP contribution < -0.4 is 10.1 Å². The number of methoxy groups -OCH3 is 1. The highest BCUT2D eigenvalue weighted by molar-refractivity contribution is 5.40. The summed E-state index contributed by atoms with van der Waals surface area (Å²) in [4.78, 5) is 0. The summed E-state index contributed by atoms with van der Waals surface area (Å²) in [6, 6.07) is 3.09. The van der Waals surface area contributed by atoms with Gasteiger partial charge < -0.3 is 10.1 Å². The molecule has 0 spiro atoms. The van der Waals surface area contributed by atoms with E-state index in [-0.39, 0.29) is 5.82 Å². The average Bonchev–Trinajstić information content (AvgIpc) is 2.75. The zero-order valence-electron chi connectivity index (χ0n) is 9.85. The van der Waals surface area contributed by atoms with Gasteiger partial charge in [0, 0.05) is 6.07 Å². The molecule has 0 aromatic heterocycles. The van der Waals surface area contributed by atoms with Crippen molar-refractivity contribution >= 4 is 0 Å². The molecule has 1 fully saturated rings. The van der Waals surface area contributed by atoms with Gasteiger partial charge in [0.25, 0.3) is 0 Å². The van der Waals surface area contributed by atoms with Crippen LogP contribution in [-0.2, 0) is 6.42 Å². The van der Waals surface area contributed by atoms with Gasteiger partial charge in [0.15, 0.2) is 0 Å². The van der Waals surface area contributed by atoms with Crippen molar-refractivity contribution in [3.63, 3.8) is 0 Å². The number of rotatable bonds is 3. The van der Waals surface area contributed by atoms with E-state index in [0.717, 1.165) is 30.6 Å². The van der Waals surface area contributed by atoms with E-state index in [2.05, 4.69) is 5.32 Å². The normalized spacial score (nSPS) is 20.1. The molecule has 1 aromatic rings. The van der Waals surface area contributed by atoms with Crippen LogP contribution in [0.15, 0.2) is 12.1 Å². The summed E-state index contributed by atoms with van der Waals surface area (Å²) in [5.74, 6) is 1.08. The van der Waals surface area contributed by atoms with Crippen molar-refractivity contribution in [2.24, 2.45) is 5.92 Å². The number of hydrogen-bond acceptors (Lipinski definition) is 2. The molecule has 2 rings (SSSR count). The van der Waals surface area contributed by atoms with Crippen LogP contribution in [0.2, 0.25) is 0 Å². The fraction of sp³-hybridized carbons (Fsp3) is 0.538. The summed E-state index contributed by atoms with van der Waals surface area (Å²) >= 11 is 0. The smallest absolute Gasteiger partial charge is 0.127 e. The van der Waals surface area contributed by atoms with Gasteiger partial charge in [-0.2, -0.15) is 0 Å². The fourth-order valence-corrected chi connectivity index (χ4v) is 2.33. The number of nitrogens with one attached hydrogen (secondary N) is 1. The first-order valence-corrected chi connectivity index (χ1v) is 5.74. The van der Waals surface area contributed by atoms with Crippen molar-refractivity contribution in [1.82, 2.24) is 5.32 Å². The van der Waals surface area contributed by atoms with Crippen molar-refractivity contribution in [1.29, 1.82) is 0 Å². The summed E-state index contributed by atoms with van der Waals surface area (Å²) in [6.07, 6.45) is 2.12. The van der Waals surface area contributed by atoms with E-state index in [4.69, 9.17) is 4.74 Å². The highest BCUT2D eigenvalue weighted by atomic mass is 19.1. The van der Waals surface area contributed by atoms with E-state index in [1.54, 1.807) is 13.2 Å². The molecule has 3 heteroatoms. The maximum absolute atomic E-state index is 13.4. The largest absolute Gasteiger partial charge is 0.496 e. The van der Waals surface area contributed by atoms with Gasteiger partial charge in [0.2, 0.25) is 0 Å². The van der Waals surface area contributed by atoms with Crippen LogP contribution in [0.4, 0.5) is 4.39 Å². The van der Waals surface area contributed by atoms with E-state index in [0.29, 0.717) is 11.7 Å².